The molecule has 1 aliphatic rings. The van der Waals surface area contributed by atoms with Gasteiger partial charge in [-0.2, -0.15) is 11.8 Å². The van der Waals surface area contributed by atoms with Gasteiger partial charge < -0.3 is 14.7 Å². The first kappa shape index (κ1) is 13.5. The number of hydroxylamine groups is 1. The summed E-state index contributed by atoms with van der Waals surface area (Å²) in [6, 6.07) is 5.70. The van der Waals surface area contributed by atoms with E-state index in [0.29, 0.717) is 6.54 Å². The summed E-state index contributed by atoms with van der Waals surface area (Å²) in [7, 11) is 1.64. The van der Waals surface area contributed by atoms with E-state index in [0.717, 1.165) is 41.4 Å². The Bertz CT molecular complexity index is 380. The number of nitrogens with one attached hydrogen (secondary N) is 1. The third-order valence-electron chi connectivity index (χ3n) is 2.97. The lowest BCUT2D eigenvalue weighted by Crippen LogP contribution is -2.22. The molecule has 2 rings (SSSR count). The quantitative estimate of drug-likeness (QED) is 0.804. The fraction of sp³-hybridized carbons (Fsp3) is 0.538. The van der Waals surface area contributed by atoms with Crippen LogP contribution < -0.4 is 15.0 Å². The van der Waals surface area contributed by atoms with Crippen LogP contribution in [-0.2, 0) is 6.54 Å². The lowest BCUT2D eigenvalue weighted by atomic mass is 10.2. The van der Waals surface area contributed by atoms with Gasteiger partial charge in [0.05, 0.1) is 7.11 Å². The van der Waals surface area contributed by atoms with Crippen LogP contribution >= 0.6 is 11.8 Å². The molecule has 1 fully saturated rings. The van der Waals surface area contributed by atoms with Crippen LogP contribution in [0.15, 0.2) is 18.2 Å². The lowest BCUT2D eigenvalue weighted by molar-refractivity contribution is 0.160. The zero-order valence-electron chi connectivity index (χ0n) is 10.5. The fourth-order valence-electron chi connectivity index (χ4n) is 1.99. The number of ether oxygens (including phenoxy) is 2. The van der Waals surface area contributed by atoms with Crippen LogP contribution in [0.3, 0.4) is 0 Å². The number of hydrogen-bond acceptors (Lipinski definition) is 5. The van der Waals surface area contributed by atoms with Crippen molar-refractivity contribution in [1.29, 1.82) is 0 Å². The molecule has 0 aliphatic carbocycles. The summed E-state index contributed by atoms with van der Waals surface area (Å²) in [6.45, 7) is 0.404. The number of methoxy groups -OCH3 is 1. The van der Waals surface area contributed by atoms with Crippen molar-refractivity contribution in [2.45, 2.75) is 25.5 Å². The van der Waals surface area contributed by atoms with Gasteiger partial charge in [0.1, 0.15) is 6.10 Å². The van der Waals surface area contributed by atoms with Crippen molar-refractivity contribution in [2.24, 2.45) is 0 Å². The van der Waals surface area contributed by atoms with Gasteiger partial charge in [0.15, 0.2) is 11.5 Å². The topological polar surface area (TPSA) is 50.7 Å². The SMILES string of the molecule is COc1ccc(CNO)cc1OC1CCSCC1. The summed E-state index contributed by atoms with van der Waals surface area (Å²) in [5.41, 5.74) is 3.12. The molecule has 1 heterocycles. The molecule has 0 aromatic heterocycles. The first-order valence-corrected chi connectivity index (χ1v) is 7.27. The van der Waals surface area contributed by atoms with Crippen molar-refractivity contribution in [2.75, 3.05) is 18.6 Å². The third kappa shape index (κ3) is 3.54. The smallest absolute Gasteiger partial charge is 0.161 e. The van der Waals surface area contributed by atoms with Crippen LogP contribution in [0.25, 0.3) is 0 Å². The molecule has 0 bridgehead atoms. The summed E-state index contributed by atoms with van der Waals surface area (Å²) in [6.07, 6.45) is 2.43. The van der Waals surface area contributed by atoms with E-state index in [1.165, 1.54) is 0 Å². The van der Waals surface area contributed by atoms with Gasteiger partial charge in [-0.1, -0.05) is 6.07 Å². The Kier molecular flexibility index (Phi) is 5.16. The highest BCUT2D eigenvalue weighted by Crippen LogP contribution is 2.31. The van der Waals surface area contributed by atoms with E-state index in [1.807, 2.05) is 30.0 Å². The second-order valence-electron chi connectivity index (χ2n) is 4.25. The van der Waals surface area contributed by atoms with Crippen molar-refractivity contribution >= 4 is 11.8 Å². The highest BCUT2D eigenvalue weighted by molar-refractivity contribution is 7.99. The van der Waals surface area contributed by atoms with Crippen molar-refractivity contribution in [3.8, 4) is 11.5 Å². The van der Waals surface area contributed by atoms with Gasteiger partial charge in [-0.25, -0.2) is 5.48 Å². The Labute approximate surface area is 112 Å². The largest absolute Gasteiger partial charge is 0.493 e. The van der Waals surface area contributed by atoms with Crippen LogP contribution in [0.5, 0.6) is 11.5 Å². The molecule has 1 aromatic rings. The Morgan fingerprint density at radius 3 is 2.78 bits per heavy atom. The maximum atomic E-state index is 8.73. The van der Waals surface area contributed by atoms with E-state index < -0.39 is 0 Å². The molecule has 100 valence electrons. The standard InChI is InChI=1S/C13H19NO3S/c1-16-12-3-2-10(9-14-15)8-13(12)17-11-4-6-18-7-5-11/h2-3,8,11,14-15H,4-7,9H2,1H3. The summed E-state index contributed by atoms with van der Waals surface area (Å²) in [5, 5.41) is 8.73. The molecular formula is C13H19NO3S. The molecule has 0 atom stereocenters. The summed E-state index contributed by atoms with van der Waals surface area (Å²) in [5.74, 6) is 3.83. The molecule has 1 aromatic carbocycles. The Balaban J connectivity index is 2.09. The van der Waals surface area contributed by atoms with Crippen molar-refractivity contribution in [3.63, 3.8) is 0 Å². The van der Waals surface area contributed by atoms with Crippen molar-refractivity contribution in [3.05, 3.63) is 23.8 Å². The summed E-state index contributed by atoms with van der Waals surface area (Å²) >= 11 is 1.98. The van der Waals surface area contributed by atoms with Crippen LogP contribution in [0, 0.1) is 0 Å². The Morgan fingerprint density at radius 2 is 2.11 bits per heavy atom. The minimum Gasteiger partial charge on any atom is -0.493 e. The molecule has 4 nitrogen and oxygen atoms in total. The number of benzene rings is 1. The van der Waals surface area contributed by atoms with Gasteiger partial charge in [-0.3, -0.25) is 0 Å². The summed E-state index contributed by atoms with van der Waals surface area (Å²) < 4.78 is 11.3. The zero-order valence-corrected chi connectivity index (χ0v) is 11.3. The van der Waals surface area contributed by atoms with Crippen molar-refractivity contribution in [1.82, 2.24) is 5.48 Å². The van der Waals surface area contributed by atoms with Crippen LogP contribution in [0.4, 0.5) is 0 Å². The molecule has 0 radical (unpaired) electrons. The Morgan fingerprint density at radius 1 is 1.33 bits per heavy atom. The van der Waals surface area contributed by atoms with E-state index in [2.05, 4.69) is 5.48 Å². The molecule has 0 amide bonds. The molecule has 1 aliphatic heterocycles. The molecule has 0 unspecified atom stereocenters. The monoisotopic (exact) mass is 269 g/mol. The maximum Gasteiger partial charge on any atom is 0.161 e. The fourth-order valence-corrected chi connectivity index (χ4v) is 3.05. The van der Waals surface area contributed by atoms with Gasteiger partial charge in [0.2, 0.25) is 0 Å². The van der Waals surface area contributed by atoms with Gasteiger partial charge in [-0.05, 0) is 42.0 Å². The zero-order chi connectivity index (χ0) is 12.8. The first-order chi connectivity index (χ1) is 8.83. The van der Waals surface area contributed by atoms with Gasteiger partial charge in [-0.15, -0.1) is 0 Å². The number of hydrogen-bond donors (Lipinski definition) is 2. The summed E-state index contributed by atoms with van der Waals surface area (Å²) in [4.78, 5) is 0. The second-order valence-corrected chi connectivity index (χ2v) is 5.47. The van der Waals surface area contributed by atoms with E-state index in [1.54, 1.807) is 7.11 Å². The minimum absolute atomic E-state index is 0.275. The van der Waals surface area contributed by atoms with E-state index in [-0.39, 0.29) is 6.10 Å². The van der Waals surface area contributed by atoms with E-state index >= 15 is 0 Å². The lowest BCUT2D eigenvalue weighted by Gasteiger charge is -2.24. The molecule has 5 heteroatoms. The van der Waals surface area contributed by atoms with E-state index in [4.69, 9.17) is 14.7 Å². The highest BCUT2D eigenvalue weighted by atomic mass is 32.2. The minimum atomic E-state index is 0.275. The average Bonchev–Trinajstić information content (AvgIpc) is 2.41. The first-order valence-electron chi connectivity index (χ1n) is 6.11. The molecular weight excluding hydrogens is 250 g/mol. The van der Waals surface area contributed by atoms with Crippen molar-refractivity contribution < 1.29 is 14.7 Å². The van der Waals surface area contributed by atoms with Crippen LogP contribution in [0.2, 0.25) is 0 Å². The molecule has 2 N–H and O–H groups in total. The predicted molar refractivity (Wildman–Crippen MR) is 72.6 cm³/mol. The normalized spacial score (nSPS) is 16.6. The Hall–Kier alpha value is -0.910. The third-order valence-corrected chi connectivity index (χ3v) is 4.02. The second kappa shape index (κ2) is 6.87. The van der Waals surface area contributed by atoms with Gasteiger partial charge >= 0.3 is 0 Å². The molecule has 1 saturated heterocycles. The van der Waals surface area contributed by atoms with E-state index in [9.17, 15) is 0 Å². The van der Waals surface area contributed by atoms with Gasteiger partial charge in [0.25, 0.3) is 0 Å². The van der Waals surface area contributed by atoms with Gasteiger partial charge in [0, 0.05) is 6.54 Å². The average molecular weight is 269 g/mol. The molecule has 0 spiro atoms. The van der Waals surface area contributed by atoms with Crippen LogP contribution in [0.1, 0.15) is 18.4 Å². The number of rotatable bonds is 5. The number of thioether (sulfide) groups is 1. The molecule has 0 saturated carbocycles. The predicted octanol–water partition coefficient (Wildman–Crippen LogP) is 2.45. The highest BCUT2D eigenvalue weighted by Gasteiger charge is 2.17. The van der Waals surface area contributed by atoms with Crippen LogP contribution in [-0.4, -0.2) is 29.9 Å². The maximum absolute atomic E-state index is 8.73. The molecule has 18 heavy (non-hydrogen) atoms.